The monoisotopic (exact) mass is 347 g/mol. The zero-order valence-corrected chi connectivity index (χ0v) is 14.6. The Morgan fingerprint density at radius 2 is 1.46 bits per heavy atom. The number of carbonyl (C=O) groups is 1. The Morgan fingerprint density at radius 1 is 0.885 bits per heavy atom. The second-order valence-electron chi connectivity index (χ2n) is 5.95. The molecule has 132 valence electrons. The van der Waals surface area contributed by atoms with Crippen LogP contribution in [0.2, 0.25) is 0 Å². The lowest BCUT2D eigenvalue weighted by atomic mass is 10.0. The smallest absolute Gasteiger partial charge is 0.335 e. The van der Waals surface area contributed by atoms with Gasteiger partial charge in [0, 0.05) is 18.0 Å². The number of benzene rings is 2. The molecule has 1 aromatic heterocycles. The normalized spacial score (nSPS) is 13.0. The molecule has 0 spiro atoms. The molecule has 0 aliphatic heterocycles. The Labute approximate surface area is 153 Å². The van der Waals surface area contributed by atoms with Gasteiger partial charge in [-0.1, -0.05) is 60.7 Å². The molecule has 0 bridgehead atoms. The summed E-state index contributed by atoms with van der Waals surface area (Å²) >= 11 is 0. The maximum Gasteiger partial charge on any atom is 0.335 e. The van der Waals surface area contributed by atoms with Gasteiger partial charge in [-0.25, -0.2) is 4.79 Å². The first-order chi connectivity index (χ1) is 12.7. The largest absolute Gasteiger partial charge is 0.451 e. The number of nitrogens with zero attached hydrogens (tertiary/aromatic N) is 1. The molecule has 0 aliphatic carbocycles. The standard InChI is InChI=1S/C22H21NO3/c1-17(25-16-18-8-4-2-5-9-18)22(24)26-21(19-10-6-3-7-11-19)20-12-14-23-15-13-20/h2-15,17,21H,16H2,1H3. The van der Waals surface area contributed by atoms with Gasteiger partial charge in [-0.05, 0) is 30.2 Å². The molecule has 2 aromatic carbocycles. The first-order valence-electron chi connectivity index (χ1n) is 8.55. The maximum absolute atomic E-state index is 12.6. The van der Waals surface area contributed by atoms with E-state index in [9.17, 15) is 4.79 Å². The molecule has 2 unspecified atom stereocenters. The van der Waals surface area contributed by atoms with Gasteiger partial charge in [-0.15, -0.1) is 0 Å². The van der Waals surface area contributed by atoms with Gasteiger partial charge < -0.3 is 9.47 Å². The lowest BCUT2D eigenvalue weighted by Crippen LogP contribution is -2.25. The highest BCUT2D eigenvalue weighted by molar-refractivity contribution is 5.74. The fraction of sp³-hybridized carbons (Fsp3) is 0.182. The second-order valence-corrected chi connectivity index (χ2v) is 5.95. The van der Waals surface area contributed by atoms with Gasteiger partial charge in [-0.3, -0.25) is 4.98 Å². The van der Waals surface area contributed by atoms with Crippen molar-refractivity contribution in [3.05, 3.63) is 102 Å². The van der Waals surface area contributed by atoms with Crippen molar-refractivity contribution in [1.29, 1.82) is 0 Å². The van der Waals surface area contributed by atoms with Gasteiger partial charge in [0.2, 0.25) is 0 Å². The van der Waals surface area contributed by atoms with Crippen molar-refractivity contribution in [2.75, 3.05) is 0 Å². The molecule has 1 heterocycles. The van der Waals surface area contributed by atoms with E-state index < -0.39 is 18.2 Å². The molecular weight excluding hydrogens is 326 g/mol. The predicted octanol–water partition coefficient (Wildman–Crippen LogP) is 4.32. The molecule has 0 fully saturated rings. The minimum Gasteiger partial charge on any atom is -0.451 e. The van der Waals surface area contributed by atoms with Crippen molar-refractivity contribution in [2.45, 2.75) is 25.7 Å². The van der Waals surface area contributed by atoms with Crippen LogP contribution in [0.1, 0.15) is 29.7 Å². The Hall–Kier alpha value is -2.98. The van der Waals surface area contributed by atoms with E-state index in [1.165, 1.54) is 0 Å². The first-order valence-corrected chi connectivity index (χ1v) is 8.55. The van der Waals surface area contributed by atoms with Gasteiger partial charge in [0.05, 0.1) is 6.61 Å². The van der Waals surface area contributed by atoms with E-state index in [1.807, 2.05) is 72.8 Å². The highest BCUT2D eigenvalue weighted by atomic mass is 16.6. The number of hydrogen-bond acceptors (Lipinski definition) is 4. The lowest BCUT2D eigenvalue weighted by molar-refractivity contribution is -0.160. The highest BCUT2D eigenvalue weighted by Crippen LogP contribution is 2.26. The average Bonchev–Trinajstić information content (AvgIpc) is 2.72. The number of hydrogen-bond donors (Lipinski definition) is 0. The molecule has 0 saturated carbocycles. The molecule has 3 aromatic rings. The van der Waals surface area contributed by atoms with Gasteiger partial charge >= 0.3 is 5.97 Å². The number of ether oxygens (including phenoxy) is 2. The molecule has 0 aliphatic rings. The van der Waals surface area contributed by atoms with E-state index >= 15 is 0 Å². The van der Waals surface area contributed by atoms with Crippen LogP contribution in [-0.2, 0) is 20.9 Å². The topological polar surface area (TPSA) is 48.4 Å². The number of aromatic nitrogens is 1. The Morgan fingerprint density at radius 3 is 2.12 bits per heavy atom. The van der Waals surface area contributed by atoms with Crippen LogP contribution in [0.25, 0.3) is 0 Å². The summed E-state index contributed by atoms with van der Waals surface area (Å²) in [6.07, 6.45) is 2.22. The molecule has 2 atom stereocenters. The summed E-state index contributed by atoms with van der Waals surface area (Å²) in [4.78, 5) is 16.6. The third-order valence-corrected chi connectivity index (χ3v) is 4.02. The summed E-state index contributed by atoms with van der Waals surface area (Å²) in [6.45, 7) is 2.07. The van der Waals surface area contributed by atoms with Crippen molar-refractivity contribution < 1.29 is 14.3 Å². The number of carbonyl (C=O) groups excluding carboxylic acids is 1. The summed E-state index contributed by atoms with van der Waals surface area (Å²) in [6, 6.07) is 23.1. The third-order valence-electron chi connectivity index (χ3n) is 4.02. The van der Waals surface area contributed by atoms with Crippen molar-refractivity contribution in [2.24, 2.45) is 0 Å². The van der Waals surface area contributed by atoms with Crippen LogP contribution in [0.5, 0.6) is 0 Å². The molecular formula is C22H21NO3. The van der Waals surface area contributed by atoms with Crippen LogP contribution in [0, 0.1) is 0 Å². The zero-order valence-electron chi connectivity index (χ0n) is 14.6. The Bertz CT molecular complexity index is 767. The van der Waals surface area contributed by atoms with E-state index in [1.54, 1.807) is 19.3 Å². The van der Waals surface area contributed by atoms with Crippen LogP contribution in [0.3, 0.4) is 0 Å². The van der Waals surface area contributed by atoms with Crippen LogP contribution >= 0.6 is 0 Å². The van der Waals surface area contributed by atoms with Crippen molar-refractivity contribution in [3.63, 3.8) is 0 Å². The van der Waals surface area contributed by atoms with Gasteiger partial charge in [0.15, 0.2) is 12.2 Å². The first kappa shape index (κ1) is 17.8. The zero-order chi connectivity index (χ0) is 18.2. The van der Waals surface area contributed by atoms with Crippen molar-refractivity contribution in [3.8, 4) is 0 Å². The molecule has 0 radical (unpaired) electrons. The fourth-order valence-electron chi connectivity index (χ4n) is 2.57. The number of rotatable bonds is 7. The van der Waals surface area contributed by atoms with Gasteiger partial charge in [0.25, 0.3) is 0 Å². The summed E-state index contributed by atoms with van der Waals surface area (Å²) in [5, 5.41) is 0. The second kappa shape index (κ2) is 8.92. The number of esters is 1. The van der Waals surface area contributed by atoms with Crippen LogP contribution in [0.15, 0.2) is 85.2 Å². The van der Waals surface area contributed by atoms with E-state index in [2.05, 4.69) is 4.98 Å². The van der Waals surface area contributed by atoms with E-state index in [4.69, 9.17) is 9.47 Å². The summed E-state index contributed by atoms with van der Waals surface area (Å²) in [5.74, 6) is -0.397. The molecule has 3 rings (SSSR count). The molecule has 0 N–H and O–H groups in total. The minimum atomic E-state index is -0.664. The Kier molecular flexibility index (Phi) is 6.12. The predicted molar refractivity (Wildman–Crippen MR) is 99.3 cm³/mol. The molecule has 4 nitrogen and oxygen atoms in total. The number of pyridine rings is 1. The maximum atomic E-state index is 12.6. The molecule has 26 heavy (non-hydrogen) atoms. The molecule has 0 amide bonds. The van der Waals surface area contributed by atoms with E-state index in [0.29, 0.717) is 6.61 Å². The van der Waals surface area contributed by atoms with Crippen molar-refractivity contribution >= 4 is 5.97 Å². The summed E-state index contributed by atoms with van der Waals surface area (Å²) < 4.78 is 11.5. The van der Waals surface area contributed by atoms with Gasteiger partial charge in [0.1, 0.15) is 0 Å². The van der Waals surface area contributed by atoms with Crippen molar-refractivity contribution in [1.82, 2.24) is 4.98 Å². The van der Waals surface area contributed by atoms with Crippen LogP contribution in [-0.4, -0.2) is 17.1 Å². The summed E-state index contributed by atoms with van der Waals surface area (Å²) in [7, 11) is 0. The minimum absolute atomic E-state index is 0.363. The van der Waals surface area contributed by atoms with Crippen LogP contribution in [0.4, 0.5) is 0 Å². The molecule has 0 saturated heterocycles. The quantitative estimate of drug-likeness (QED) is 0.597. The van der Waals surface area contributed by atoms with E-state index in [0.717, 1.165) is 16.7 Å². The van der Waals surface area contributed by atoms with E-state index in [-0.39, 0.29) is 0 Å². The third kappa shape index (κ3) is 4.77. The molecule has 4 heteroatoms. The average molecular weight is 347 g/mol. The van der Waals surface area contributed by atoms with Gasteiger partial charge in [-0.2, -0.15) is 0 Å². The fourth-order valence-corrected chi connectivity index (χ4v) is 2.57. The lowest BCUT2D eigenvalue weighted by Gasteiger charge is -2.21. The summed E-state index contributed by atoms with van der Waals surface area (Å²) in [5.41, 5.74) is 2.79. The Balaban J connectivity index is 1.69. The SMILES string of the molecule is CC(OCc1ccccc1)C(=O)OC(c1ccccc1)c1ccncc1. The van der Waals surface area contributed by atoms with Crippen LogP contribution < -0.4 is 0 Å². The highest BCUT2D eigenvalue weighted by Gasteiger charge is 2.23.